The lowest BCUT2D eigenvalue weighted by Gasteiger charge is -2.10. The number of fused-ring (bicyclic) bond motifs is 1. The van der Waals surface area contributed by atoms with Gasteiger partial charge in [0, 0.05) is 28.8 Å². The summed E-state index contributed by atoms with van der Waals surface area (Å²) in [6.45, 7) is 1.77. The Morgan fingerprint density at radius 2 is 1.88 bits per heavy atom. The number of carbonyl (C=O) groups is 1. The number of rotatable bonds is 3. The molecular formula is C17H12FN3O3. The second-order valence-electron chi connectivity index (χ2n) is 5.23. The fourth-order valence-corrected chi connectivity index (χ4v) is 2.36. The Labute approximate surface area is 136 Å². The molecule has 0 unspecified atom stereocenters. The molecule has 0 bridgehead atoms. The summed E-state index contributed by atoms with van der Waals surface area (Å²) in [5.41, 5.74) is 1.84. The second kappa shape index (κ2) is 6.04. The van der Waals surface area contributed by atoms with Crippen LogP contribution in [0.1, 0.15) is 16.1 Å². The van der Waals surface area contributed by atoms with Gasteiger partial charge in [-0.25, -0.2) is 4.39 Å². The molecule has 1 N–H and O–H groups in total. The zero-order chi connectivity index (χ0) is 17.3. The molecular weight excluding hydrogens is 313 g/mol. The molecule has 3 aromatic rings. The number of aromatic nitrogens is 1. The highest BCUT2D eigenvalue weighted by atomic mass is 19.1. The molecule has 1 aromatic heterocycles. The van der Waals surface area contributed by atoms with Crippen LogP contribution in [0.3, 0.4) is 0 Å². The van der Waals surface area contributed by atoms with Crippen LogP contribution in [0, 0.1) is 22.9 Å². The molecule has 0 saturated heterocycles. The zero-order valence-electron chi connectivity index (χ0n) is 12.6. The van der Waals surface area contributed by atoms with E-state index in [9.17, 15) is 19.3 Å². The highest BCUT2D eigenvalue weighted by molar-refractivity contribution is 6.08. The van der Waals surface area contributed by atoms with Crippen LogP contribution in [-0.2, 0) is 0 Å². The number of nitro benzene ring substituents is 1. The number of nitrogens with zero attached hydrogens (tertiary/aromatic N) is 2. The number of non-ortho nitro benzene ring substituents is 1. The lowest BCUT2D eigenvalue weighted by molar-refractivity contribution is -0.384. The van der Waals surface area contributed by atoms with Crippen molar-refractivity contribution in [1.82, 2.24) is 4.98 Å². The van der Waals surface area contributed by atoms with E-state index in [0.717, 1.165) is 0 Å². The molecule has 0 radical (unpaired) electrons. The van der Waals surface area contributed by atoms with E-state index in [1.807, 2.05) is 0 Å². The average Bonchev–Trinajstić information content (AvgIpc) is 2.55. The van der Waals surface area contributed by atoms with Gasteiger partial charge in [-0.2, -0.15) is 0 Å². The Hall–Kier alpha value is -3.35. The van der Waals surface area contributed by atoms with Gasteiger partial charge < -0.3 is 5.32 Å². The van der Waals surface area contributed by atoms with Crippen molar-refractivity contribution in [2.45, 2.75) is 6.92 Å². The van der Waals surface area contributed by atoms with Gasteiger partial charge in [0.2, 0.25) is 0 Å². The predicted molar refractivity (Wildman–Crippen MR) is 87.5 cm³/mol. The molecule has 0 fully saturated rings. The maximum Gasteiger partial charge on any atom is 0.269 e. The van der Waals surface area contributed by atoms with Crippen LogP contribution in [0.5, 0.6) is 0 Å². The van der Waals surface area contributed by atoms with E-state index in [4.69, 9.17) is 0 Å². The summed E-state index contributed by atoms with van der Waals surface area (Å²) in [6, 6.07) is 11.0. The third kappa shape index (κ3) is 3.05. The molecule has 0 aliphatic carbocycles. The molecule has 3 rings (SSSR count). The van der Waals surface area contributed by atoms with E-state index < -0.39 is 16.6 Å². The number of carbonyl (C=O) groups excluding carboxylic acids is 1. The van der Waals surface area contributed by atoms with Gasteiger partial charge in [-0.15, -0.1) is 0 Å². The van der Waals surface area contributed by atoms with Crippen molar-refractivity contribution in [1.29, 1.82) is 0 Å². The maximum absolute atomic E-state index is 13.5. The first-order valence-electron chi connectivity index (χ1n) is 7.07. The minimum atomic E-state index is -0.538. The van der Waals surface area contributed by atoms with Crippen molar-refractivity contribution in [2.24, 2.45) is 0 Å². The van der Waals surface area contributed by atoms with E-state index in [0.29, 0.717) is 22.3 Å². The summed E-state index contributed by atoms with van der Waals surface area (Å²) >= 11 is 0. The van der Waals surface area contributed by atoms with Crippen molar-refractivity contribution in [3.05, 3.63) is 75.7 Å². The van der Waals surface area contributed by atoms with Crippen molar-refractivity contribution in [2.75, 3.05) is 5.32 Å². The highest BCUT2D eigenvalue weighted by Gasteiger charge is 2.12. The van der Waals surface area contributed by atoms with E-state index >= 15 is 0 Å². The number of nitrogens with one attached hydrogen (secondary N) is 1. The van der Waals surface area contributed by atoms with Crippen LogP contribution >= 0.6 is 0 Å². The Kier molecular flexibility index (Phi) is 3.91. The van der Waals surface area contributed by atoms with E-state index in [-0.39, 0.29) is 11.3 Å². The third-order valence-electron chi connectivity index (χ3n) is 3.49. The summed E-state index contributed by atoms with van der Waals surface area (Å²) in [6.07, 6.45) is 0. The fraction of sp³-hybridized carbons (Fsp3) is 0.0588. The van der Waals surface area contributed by atoms with E-state index in [1.165, 1.54) is 36.4 Å². The number of amides is 1. The van der Waals surface area contributed by atoms with Crippen molar-refractivity contribution >= 4 is 28.2 Å². The number of pyridine rings is 1. The van der Waals surface area contributed by atoms with Crippen LogP contribution in [0.15, 0.2) is 48.5 Å². The van der Waals surface area contributed by atoms with Crippen LogP contribution in [0.25, 0.3) is 10.9 Å². The first kappa shape index (κ1) is 15.5. The molecule has 0 aliphatic heterocycles. The molecule has 0 saturated carbocycles. The highest BCUT2D eigenvalue weighted by Crippen LogP contribution is 2.25. The number of aryl methyl sites for hydroxylation is 1. The largest absolute Gasteiger partial charge is 0.321 e. The SMILES string of the molecule is Cc1cc(NC(=O)c2ccc([N+](=O)[O-])cc2)c2cc(F)ccc2n1. The Morgan fingerprint density at radius 3 is 2.54 bits per heavy atom. The molecule has 120 valence electrons. The molecule has 1 heterocycles. The first-order chi connectivity index (χ1) is 11.4. The van der Waals surface area contributed by atoms with Crippen LogP contribution in [0.4, 0.5) is 15.8 Å². The summed E-state index contributed by atoms with van der Waals surface area (Å²) in [5.74, 6) is -0.875. The average molecular weight is 325 g/mol. The molecule has 6 nitrogen and oxygen atoms in total. The molecule has 0 aliphatic rings. The summed E-state index contributed by atoms with van der Waals surface area (Å²) in [7, 11) is 0. The van der Waals surface area contributed by atoms with E-state index in [1.54, 1.807) is 19.1 Å². The molecule has 0 atom stereocenters. The maximum atomic E-state index is 13.5. The minimum Gasteiger partial charge on any atom is -0.321 e. The van der Waals surface area contributed by atoms with Crippen molar-refractivity contribution in [3.8, 4) is 0 Å². The molecule has 0 spiro atoms. The summed E-state index contributed by atoms with van der Waals surface area (Å²) < 4.78 is 13.5. The number of hydrogen-bond donors (Lipinski definition) is 1. The molecule has 24 heavy (non-hydrogen) atoms. The number of halogens is 1. The predicted octanol–water partition coefficient (Wildman–Crippen LogP) is 3.84. The Bertz CT molecular complexity index is 955. The second-order valence-corrected chi connectivity index (χ2v) is 5.23. The van der Waals surface area contributed by atoms with Crippen molar-refractivity contribution in [3.63, 3.8) is 0 Å². The van der Waals surface area contributed by atoms with Gasteiger partial charge in [0.15, 0.2) is 0 Å². The minimum absolute atomic E-state index is 0.0983. The topological polar surface area (TPSA) is 85.1 Å². The van der Waals surface area contributed by atoms with Gasteiger partial charge in [-0.05, 0) is 43.3 Å². The molecule has 7 heteroatoms. The molecule has 2 aromatic carbocycles. The first-order valence-corrected chi connectivity index (χ1v) is 7.07. The van der Waals surface area contributed by atoms with E-state index in [2.05, 4.69) is 10.3 Å². The van der Waals surface area contributed by atoms with Gasteiger partial charge >= 0.3 is 0 Å². The Balaban J connectivity index is 1.95. The third-order valence-corrected chi connectivity index (χ3v) is 3.49. The van der Waals surface area contributed by atoms with Crippen LogP contribution in [-0.4, -0.2) is 15.8 Å². The van der Waals surface area contributed by atoms with Gasteiger partial charge in [-0.3, -0.25) is 19.9 Å². The summed E-state index contributed by atoms with van der Waals surface area (Å²) in [5, 5.41) is 13.8. The zero-order valence-corrected chi connectivity index (χ0v) is 12.6. The number of nitro groups is 1. The Morgan fingerprint density at radius 1 is 1.17 bits per heavy atom. The normalized spacial score (nSPS) is 10.6. The summed E-state index contributed by atoms with van der Waals surface area (Å²) in [4.78, 5) is 26.7. The monoisotopic (exact) mass is 325 g/mol. The smallest absolute Gasteiger partial charge is 0.269 e. The quantitative estimate of drug-likeness (QED) is 0.585. The van der Waals surface area contributed by atoms with Gasteiger partial charge in [0.1, 0.15) is 5.82 Å². The van der Waals surface area contributed by atoms with Gasteiger partial charge in [0.25, 0.3) is 11.6 Å². The number of anilines is 1. The standard InChI is InChI=1S/C17H12FN3O3/c1-10-8-16(14-9-12(18)4-7-15(14)19-10)20-17(22)11-2-5-13(6-3-11)21(23)24/h2-9H,1H3,(H,19,20,22). The van der Waals surface area contributed by atoms with Gasteiger partial charge in [-0.1, -0.05) is 0 Å². The lowest BCUT2D eigenvalue weighted by atomic mass is 10.1. The van der Waals surface area contributed by atoms with Gasteiger partial charge in [0.05, 0.1) is 16.1 Å². The number of benzene rings is 2. The number of hydrogen-bond acceptors (Lipinski definition) is 4. The lowest BCUT2D eigenvalue weighted by Crippen LogP contribution is -2.12. The van der Waals surface area contributed by atoms with Crippen molar-refractivity contribution < 1.29 is 14.1 Å². The van der Waals surface area contributed by atoms with Crippen LogP contribution < -0.4 is 5.32 Å². The molecule has 1 amide bonds. The van der Waals surface area contributed by atoms with Crippen LogP contribution in [0.2, 0.25) is 0 Å². The fourth-order valence-electron chi connectivity index (χ4n) is 2.36.